The van der Waals surface area contributed by atoms with Gasteiger partial charge in [0.25, 0.3) is 6.47 Å². The minimum atomic E-state index is -0.872. The molecule has 2 aliphatic rings. The molecule has 9 nitrogen and oxygen atoms in total. The molecule has 43 heavy (non-hydrogen) atoms. The van der Waals surface area contributed by atoms with E-state index in [0.29, 0.717) is 37.4 Å². The maximum atomic E-state index is 13.5. The number of aryl methyl sites for hydroxylation is 2. The summed E-state index contributed by atoms with van der Waals surface area (Å²) < 4.78 is 42.9. The van der Waals surface area contributed by atoms with Crippen molar-refractivity contribution in [1.29, 1.82) is 0 Å². The third-order valence-electron chi connectivity index (χ3n) is 6.48. The smallest absolute Gasteiger partial charge is 1.00 e. The summed E-state index contributed by atoms with van der Waals surface area (Å²) in [6.45, 7) is 0.00500. The third-order valence-corrected chi connectivity index (χ3v) is 6.48. The van der Waals surface area contributed by atoms with Gasteiger partial charge in [-0.15, -0.1) is 0 Å². The van der Waals surface area contributed by atoms with E-state index in [1.165, 1.54) is 24.3 Å². The van der Waals surface area contributed by atoms with Crippen molar-refractivity contribution >= 4 is 6.47 Å². The number of hydrogen-bond donors (Lipinski definition) is 3. The van der Waals surface area contributed by atoms with E-state index in [4.69, 9.17) is 34.5 Å². The molecule has 0 radical (unpaired) electrons. The Morgan fingerprint density at radius 3 is 2.33 bits per heavy atom. The fraction of sp³-hybridized carbons (Fsp3) is 0.367. The fourth-order valence-electron chi connectivity index (χ4n) is 4.28. The average molecular weight is 623 g/mol. The van der Waals surface area contributed by atoms with E-state index in [0.717, 1.165) is 23.1 Å². The Balaban J connectivity index is 0.000000739. The van der Waals surface area contributed by atoms with E-state index in [-0.39, 0.29) is 104 Å². The molecule has 5 rings (SSSR count). The van der Waals surface area contributed by atoms with Crippen LogP contribution in [0, 0.1) is 11.6 Å². The number of benzene rings is 3. The molecule has 2 heterocycles. The summed E-state index contributed by atoms with van der Waals surface area (Å²) in [6, 6.07) is 18.8. The molecule has 0 aromatic heterocycles. The first-order valence-corrected chi connectivity index (χ1v) is 13.1. The van der Waals surface area contributed by atoms with Gasteiger partial charge in [-0.25, -0.2) is 8.78 Å². The van der Waals surface area contributed by atoms with Crippen molar-refractivity contribution in [3.8, 4) is 11.5 Å². The Labute approximate surface area is 294 Å². The summed E-state index contributed by atoms with van der Waals surface area (Å²) in [5.74, 6) is 0.752. The van der Waals surface area contributed by atoms with Crippen molar-refractivity contribution in [1.82, 2.24) is 0 Å². The van der Waals surface area contributed by atoms with Gasteiger partial charge in [0, 0.05) is 0 Å². The van der Waals surface area contributed by atoms with Crippen molar-refractivity contribution in [2.75, 3.05) is 13.2 Å². The molecule has 224 valence electrons. The van der Waals surface area contributed by atoms with Gasteiger partial charge in [0.15, 0.2) is 0 Å². The molecule has 0 spiro atoms. The number of carbonyl (C=O) groups excluding carboxylic acids is 1. The Morgan fingerprint density at radius 2 is 1.70 bits per heavy atom. The number of rotatable bonds is 10. The van der Waals surface area contributed by atoms with E-state index in [2.05, 4.69) is 4.89 Å². The zero-order valence-corrected chi connectivity index (χ0v) is 28.2. The molecular weight excluding hydrogens is 588 g/mol. The molecule has 3 aromatic rings. The molecule has 1 saturated heterocycles. The predicted octanol–water partition coefficient (Wildman–Crippen LogP) is -3.48. The number of hydrogen-bond acceptors (Lipinski definition) is 9. The quantitative estimate of drug-likeness (QED) is 0.0692. The molecule has 4 atom stereocenters. The van der Waals surface area contributed by atoms with Crippen LogP contribution in [0.1, 0.15) is 31.0 Å². The molecule has 4 unspecified atom stereocenters. The maximum Gasteiger partial charge on any atom is 1.00 e. The van der Waals surface area contributed by atoms with Gasteiger partial charge in [-0.1, -0.05) is 30.3 Å². The molecule has 2 aliphatic heterocycles. The van der Waals surface area contributed by atoms with E-state index in [1.54, 1.807) is 12.1 Å². The first kappa shape index (κ1) is 39.4. The Morgan fingerprint density at radius 1 is 1.02 bits per heavy atom. The summed E-state index contributed by atoms with van der Waals surface area (Å²) in [5.41, 5.74) is 2.73. The molecule has 3 N–H and O–H groups in total. The topological polar surface area (TPSA) is 141 Å². The van der Waals surface area contributed by atoms with Gasteiger partial charge in [-0.3, -0.25) is 4.79 Å². The molecule has 13 heteroatoms. The molecule has 3 aromatic carbocycles. The van der Waals surface area contributed by atoms with Crippen LogP contribution in [0.25, 0.3) is 0 Å². The van der Waals surface area contributed by atoms with Crippen LogP contribution in [-0.2, 0) is 33.9 Å². The summed E-state index contributed by atoms with van der Waals surface area (Å²) in [6.07, 6.45) is 1.44. The molecule has 0 amide bonds. The normalized spacial score (nSPS) is 18.2. The Hall–Kier alpha value is -1.61. The van der Waals surface area contributed by atoms with Crippen molar-refractivity contribution in [2.45, 2.75) is 56.7 Å². The van der Waals surface area contributed by atoms with Crippen LogP contribution in [0.15, 0.2) is 66.7 Å². The van der Waals surface area contributed by atoms with E-state index >= 15 is 0 Å². The van der Waals surface area contributed by atoms with Crippen LogP contribution in [0.5, 0.6) is 11.5 Å². The van der Waals surface area contributed by atoms with Gasteiger partial charge in [0.1, 0.15) is 48.1 Å². The summed E-state index contributed by atoms with van der Waals surface area (Å²) in [7, 11) is 0. The number of carbonyl (C=O) groups is 1. The monoisotopic (exact) mass is 622 g/mol. The number of fused-ring (bicyclic) bond motifs is 1. The zero-order chi connectivity index (χ0) is 29.6. The minimum Gasteiger partial charge on any atom is -1.00 e. The predicted molar refractivity (Wildman–Crippen MR) is 142 cm³/mol. The van der Waals surface area contributed by atoms with Crippen LogP contribution in [0.2, 0.25) is 0 Å². The number of halogens is 2. The second kappa shape index (κ2) is 21.2. The van der Waals surface area contributed by atoms with Gasteiger partial charge in [0.2, 0.25) is 0 Å². The van der Waals surface area contributed by atoms with Gasteiger partial charge in [-0.05, 0) is 78.8 Å². The van der Waals surface area contributed by atoms with Gasteiger partial charge >= 0.3 is 59.1 Å². The Kier molecular flexibility index (Phi) is 19.4. The van der Waals surface area contributed by atoms with Crippen molar-refractivity contribution in [3.63, 3.8) is 0 Å². The van der Waals surface area contributed by atoms with Crippen LogP contribution in [0.3, 0.4) is 0 Å². The van der Waals surface area contributed by atoms with Crippen molar-refractivity contribution < 1.29 is 114 Å². The van der Waals surface area contributed by atoms with Crippen LogP contribution < -0.4 is 73.8 Å². The SMILES string of the molecule is O=CO[O-].OCC(O)C1CCc2cc(F)ccc2O1.OCC1OC1CCc1cc(F)ccc1OCc1ccccc1.[H-].[Na+].[Na+]. The first-order valence-electron chi connectivity index (χ1n) is 13.1. The first-order chi connectivity index (χ1) is 19.9. The molecule has 0 saturated carbocycles. The zero-order valence-electron chi connectivity index (χ0n) is 25.2. The fourth-order valence-corrected chi connectivity index (χ4v) is 4.28. The molecule has 0 bridgehead atoms. The van der Waals surface area contributed by atoms with Crippen molar-refractivity contribution in [2.24, 2.45) is 0 Å². The molecule has 0 aliphatic carbocycles. The maximum absolute atomic E-state index is 13.5. The summed E-state index contributed by atoms with van der Waals surface area (Å²) in [5, 5.41) is 35.6. The number of aliphatic hydroxyl groups is 3. The Bertz CT molecular complexity index is 1230. The van der Waals surface area contributed by atoms with Crippen LogP contribution in [0.4, 0.5) is 8.78 Å². The second-order valence-electron chi connectivity index (χ2n) is 9.35. The molecule has 1 fully saturated rings. The average Bonchev–Trinajstić information content (AvgIpc) is 3.78. The van der Waals surface area contributed by atoms with Crippen molar-refractivity contribution in [3.05, 3.63) is 95.1 Å². The van der Waals surface area contributed by atoms with Crippen LogP contribution >= 0.6 is 0 Å². The van der Waals surface area contributed by atoms with Crippen LogP contribution in [-0.4, -0.2) is 59.4 Å². The number of epoxide rings is 1. The van der Waals surface area contributed by atoms with Gasteiger partial charge in [0.05, 0.1) is 19.3 Å². The summed E-state index contributed by atoms with van der Waals surface area (Å²) in [4.78, 5) is 11.2. The second-order valence-corrected chi connectivity index (χ2v) is 9.35. The van der Waals surface area contributed by atoms with Gasteiger partial charge in [-0.2, -0.15) is 0 Å². The number of aliphatic hydroxyl groups excluding tert-OH is 3. The molecular formula is C30H34F2Na2O9. The van der Waals surface area contributed by atoms with Gasteiger partial charge < -0.3 is 41.1 Å². The van der Waals surface area contributed by atoms with E-state index in [9.17, 15) is 13.9 Å². The largest absolute Gasteiger partial charge is 1.00 e. The minimum absolute atomic E-state index is 0. The third kappa shape index (κ3) is 13.5. The summed E-state index contributed by atoms with van der Waals surface area (Å²) >= 11 is 0. The number of ether oxygens (including phenoxy) is 3. The van der Waals surface area contributed by atoms with E-state index in [1.807, 2.05) is 30.3 Å². The standard InChI is InChI=1S/C18H19FO3.C11H13FO3.CH2O3.2Na.H/c19-15-7-9-16(21-12-13-4-2-1-3-5-13)14(10-15)6-8-17-18(11-20)22-17;12-8-2-4-10-7(5-8)1-3-11(15-10)9(14)6-13;2-1-4-3;;;/h1-5,7,9-10,17-18,20H,6,8,11-12H2;2,4-5,9,11,13-14H,1,3,6H2;1,3H;;;/q;;;2*+1;-1/p-1. The van der Waals surface area contributed by atoms with E-state index < -0.39 is 12.2 Å².